The molecular formula is C34H42N4O3. The number of amides is 1. The number of aromatic nitrogens is 3. The Bertz CT molecular complexity index is 1560. The fourth-order valence-electron chi connectivity index (χ4n) is 6.85. The summed E-state index contributed by atoms with van der Waals surface area (Å²) in [6.45, 7) is 16.6. The van der Waals surface area contributed by atoms with Gasteiger partial charge in [-0.3, -0.25) is 9.59 Å². The van der Waals surface area contributed by atoms with Crippen LogP contribution < -0.4 is 0 Å². The summed E-state index contributed by atoms with van der Waals surface area (Å²) in [6, 6.07) is 8.21. The maximum atomic E-state index is 13.6. The second kappa shape index (κ2) is 11.3. The van der Waals surface area contributed by atoms with Crippen LogP contribution in [0.3, 0.4) is 0 Å². The molecule has 2 aliphatic rings. The molecule has 2 aromatic carbocycles. The van der Waals surface area contributed by atoms with Crippen molar-refractivity contribution in [3.05, 3.63) is 80.9 Å². The van der Waals surface area contributed by atoms with Crippen LogP contribution in [0.4, 0.5) is 0 Å². The molecule has 0 bridgehead atoms. The molecule has 4 atom stereocenters. The molecule has 1 fully saturated rings. The summed E-state index contributed by atoms with van der Waals surface area (Å²) in [5, 5.41) is 8.80. The molecule has 3 unspecified atom stereocenters. The van der Waals surface area contributed by atoms with E-state index in [9.17, 15) is 9.59 Å². The standard InChI is InChI=1S/C34H42N4O3/c1-9-38-30-11-10-29(23(6)32(30)35-36-38)31(24(7)34(40)41-8)25-16-21(4)28-12-13-37(18-27(28)17-25)33(39)26-14-19(2)22(5)20(3)15-26/h10-11,14-17,21,24,28,31H,9,12-13,18H2,1-8H3/t21?,24?,28?,31-/m0/s1. The van der Waals surface area contributed by atoms with Gasteiger partial charge in [0.25, 0.3) is 5.91 Å². The van der Waals surface area contributed by atoms with Gasteiger partial charge in [-0.1, -0.05) is 37.3 Å². The number of hydrogen-bond donors (Lipinski definition) is 0. The van der Waals surface area contributed by atoms with E-state index in [2.05, 4.69) is 76.1 Å². The number of allylic oxidation sites excluding steroid dienone is 3. The maximum absolute atomic E-state index is 13.6. The van der Waals surface area contributed by atoms with Crippen LogP contribution >= 0.6 is 0 Å². The first-order valence-corrected chi connectivity index (χ1v) is 14.7. The van der Waals surface area contributed by atoms with Crippen LogP contribution in [0.2, 0.25) is 0 Å². The Morgan fingerprint density at radius 1 is 1.10 bits per heavy atom. The number of likely N-dealkylation sites (tertiary alicyclic amines) is 1. The molecule has 0 N–H and O–H groups in total. The minimum absolute atomic E-state index is 0.0825. The number of nitrogens with zero attached hydrogens (tertiary/aromatic N) is 4. The average molecular weight is 555 g/mol. The number of ether oxygens (including phenoxy) is 1. The van der Waals surface area contributed by atoms with Crippen LogP contribution in [-0.2, 0) is 16.1 Å². The highest BCUT2D eigenvalue weighted by molar-refractivity contribution is 5.95. The van der Waals surface area contributed by atoms with Gasteiger partial charge in [0.15, 0.2) is 0 Å². The second-order valence-corrected chi connectivity index (χ2v) is 11.9. The topological polar surface area (TPSA) is 77.3 Å². The molecule has 1 aliphatic carbocycles. The minimum atomic E-state index is -0.399. The zero-order valence-electron chi connectivity index (χ0n) is 25.6. The molecule has 7 nitrogen and oxygen atoms in total. The number of methoxy groups -OCH3 is 1. The van der Waals surface area contributed by atoms with Gasteiger partial charge in [0.05, 0.1) is 18.5 Å². The van der Waals surface area contributed by atoms with E-state index >= 15 is 0 Å². The first kappa shape index (κ1) is 28.8. The number of benzene rings is 2. The van der Waals surface area contributed by atoms with Gasteiger partial charge in [-0.2, -0.15) is 0 Å². The Morgan fingerprint density at radius 2 is 1.80 bits per heavy atom. The van der Waals surface area contributed by atoms with Crippen molar-refractivity contribution in [3.63, 3.8) is 0 Å². The SMILES string of the molecule is CCn1nnc2c(C)c([C@H](C3=CC(C)C4CCN(C(=O)c5cc(C)c(C)c(C)c5)CC4=C3)C(C)C(=O)OC)ccc21. The predicted octanol–water partition coefficient (Wildman–Crippen LogP) is 6.24. The Kier molecular flexibility index (Phi) is 7.91. The lowest BCUT2D eigenvalue weighted by atomic mass is 9.70. The third-order valence-corrected chi connectivity index (χ3v) is 9.51. The van der Waals surface area contributed by atoms with E-state index in [1.54, 1.807) is 0 Å². The fourth-order valence-corrected chi connectivity index (χ4v) is 6.85. The van der Waals surface area contributed by atoms with E-state index in [0.717, 1.165) is 63.9 Å². The molecule has 0 saturated carbocycles. The van der Waals surface area contributed by atoms with Crippen LogP contribution in [0.25, 0.3) is 11.0 Å². The van der Waals surface area contributed by atoms with Gasteiger partial charge < -0.3 is 9.64 Å². The molecule has 1 amide bonds. The van der Waals surface area contributed by atoms with Crippen molar-refractivity contribution in [2.75, 3.05) is 20.2 Å². The Labute approximate surface area is 243 Å². The zero-order valence-corrected chi connectivity index (χ0v) is 25.6. The van der Waals surface area contributed by atoms with E-state index in [4.69, 9.17) is 4.74 Å². The van der Waals surface area contributed by atoms with Crippen molar-refractivity contribution >= 4 is 22.9 Å². The number of hydrogen-bond acceptors (Lipinski definition) is 5. The number of fused-ring (bicyclic) bond motifs is 2. The minimum Gasteiger partial charge on any atom is -0.469 e. The first-order valence-electron chi connectivity index (χ1n) is 14.7. The third-order valence-electron chi connectivity index (χ3n) is 9.51. The maximum Gasteiger partial charge on any atom is 0.309 e. The van der Waals surface area contributed by atoms with Crippen molar-refractivity contribution in [3.8, 4) is 0 Å². The summed E-state index contributed by atoms with van der Waals surface area (Å²) < 4.78 is 7.13. The summed E-state index contributed by atoms with van der Waals surface area (Å²) in [6.07, 6.45) is 5.51. The molecule has 1 saturated heterocycles. The second-order valence-electron chi connectivity index (χ2n) is 11.9. The third kappa shape index (κ3) is 5.11. The van der Waals surface area contributed by atoms with Crippen molar-refractivity contribution in [1.82, 2.24) is 19.9 Å². The highest BCUT2D eigenvalue weighted by Crippen LogP contribution is 2.44. The fraction of sp³-hybridized carbons (Fsp3) is 0.471. The van der Waals surface area contributed by atoms with Crippen molar-refractivity contribution in [2.45, 2.75) is 67.3 Å². The summed E-state index contributed by atoms with van der Waals surface area (Å²) in [7, 11) is 1.45. The quantitative estimate of drug-likeness (QED) is 0.337. The van der Waals surface area contributed by atoms with E-state index in [0.29, 0.717) is 18.4 Å². The summed E-state index contributed by atoms with van der Waals surface area (Å²) >= 11 is 0. The summed E-state index contributed by atoms with van der Waals surface area (Å²) in [4.78, 5) is 28.6. The Balaban J connectivity index is 1.53. The number of carbonyl (C=O) groups excluding carboxylic acids is 2. The predicted molar refractivity (Wildman–Crippen MR) is 162 cm³/mol. The average Bonchev–Trinajstić information content (AvgIpc) is 3.39. The van der Waals surface area contributed by atoms with Crippen LogP contribution in [0.1, 0.15) is 71.3 Å². The monoisotopic (exact) mass is 554 g/mol. The zero-order chi connectivity index (χ0) is 29.6. The molecule has 0 radical (unpaired) electrons. The van der Waals surface area contributed by atoms with Gasteiger partial charge in [-0.05, 0) is 110 Å². The van der Waals surface area contributed by atoms with Crippen molar-refractivity contribution < 1.29 is 14.3 Å². The van der Waals surface area contributed by atoms with Gasteiger partial charge in [-0.25, -0.2) is 4.68 Å². The van der Waals surface area contributed by atoms with Crippen LogP contribution in [-0.4, -0.2) is 52.0 Å². The number of rotatable bonds is 6. The Morgan fingerprint density at radius 3 is 2.46 bits per heavy atom. The van der Waals surface area contributed by atoms with E-state index < -0.39 is 5.92 Å². The van der Waals surface area contributed by atoms with Gasteiger partial charge in [0.1, 0.15) is 5.52 Å². The van der Waals surface area contributed by atoms with Gasteiger partial charge in [0.2, 0.25) is 0 Å². The smallest absolute Gasteiger partial charge is 0.309 e. The van der Waals surface area contributed by atoms with Crippen molar-refractivity contribution in [1.29, 1.82) is 0 Å². The van der Waals surface area contributed by atoms with Gasteiger partial charge in [-0.15, -0.1) is 5.10 Å². The number of carbonyl (C=O) groups is 2. The van der Waals surface area contributed by atoms with Gasteiger partial charge >= 0.3 is 5.97 Å². The Hall–Kier alpha value is -3.74. The van der Waals surface area contributed by atoms with Crippen LogP contribution in [0.5, 0.6) is 0 Å². The molecule has 216 valence electrons. The van der Waals surface area contributed by atoms with Crippen molar-refractivity contribution in [2.24, 2.45) is 17.8 Å². The normalized spacial score (nSPS) is 20.2. The van der Waals surface area contributed by atoms with E-state index in [1.807, 2.05) is 28.6 Å². The van der Waals surface area contributed by atoms with Crippen LogP contribution in [0, 0.1) is 45.4 Å². The molecule has 7 heteroatoms. The molecule has 3 aromatic rings. The lowest BCUT2D eigenvalue weighted by Crippen LogP contribution is -2.42. The highest BCUT2D eigenvalue weighted by Gasteiger charge is 2.37. The number of aryl methyl sites for hydroxylation is 4. The first-order chi connectivity index (χ1) is 19.5. The molecule has 1 aromatic heterocycles. The largest absolute Gasteiger partial charge is 0.469 e. The number of esters is 1. The number of piperidine rings is 1. The van der Waals surface area contributed by atoms with Gasteiger partial charge in [0, 0.05) is 31.1 Å². The van der Waals surface area contributed by atoms with E-state index in [-0.39, 0.29) is 17.8 Å². The molecular weight excluding hydrogens is 512 g/mol. The highest BCUT2D eigenvalue weighted by atomic mass is 16.5. The molecule has 41 heavy (non-hydrogen) atoms. The lowest BCUT2D eigenvalue weighted by Gasteiger charge is -2.40. The van der Waals surface area contributed by atoms with Crippen LogP contribution in [0.15, 0.2) is 47.6 Å². The molecule has 1 aliphatic heterocycles. The molecule has 5 rings (SSSR count). The summed E-state index contributed by atoms with van der Waals surface area (Å²) in [5.41, 5.74) is 10.6. The molecule has 2 heterocycles. The summed E-state index contributed by atoms with van der Waals surface area (Å²) in [5.74, 6) is -0.0904. The van der Waals surface area contributed by atoms with E-state index in [1.165, 1.54) is 18.2 Å². The molecule has 0 spiro atoms. The lowest BCUT2D eigenvalue weighted by molar-refractivity contribution is -0.145.